The number of piperidine rings is 1. The van der Waals surface area contributed by atoms with E-state index in [-0.39, 0.29) is 12.0 Å². The van der Waals surface area contributed by atoms with Gasteiger partial charge in [0.25, 0.3) is 5.91 Å². The van der Waals surface area contributed by atoms with E-state index in [2.05, 4.69) is 16.8 Å². The predicted octanol–water partition coefficient (Wildman–Crippen LogP) is 3.10. The van der Waals surface area contributed by atoms with Crippen molar-refractivity contribution in [3.8, 4) is 5.88 Å². The second kappa shape index (κ2) is 7.32. The Morgan fingerprint density at radius 2 is 1.92 bits per heavy atom. The van der Waals surface area contributed by atoms with Crippen LogP contribution < -0.4 is 4.74 Å². The molecule has 0 bridgehead atoms. The van der Waals surface area contributed by atoms with E-state index in [1.54, 1.807) is 6.20 Å². The number of aromatic nitrogens is 1. The molecule has 3 aliphatic rings. The van der Waals surface area contributed by atoms with Gasteiger partial charge in [0.15, 0.2) is 0 Å². The summed E-state index contributed by atoms with van der Waals surface area (Å²) < 4.78 is 5.84. The van der Waals surface area contributed by atoms with Gasteiger partial charge in [0.1, 0.15) is 6.10 Å². The van der Waals surface area contributed by atoms with Crippen molar-refractivity contribution in [2.75, 3.05) is 19.6 Å². The highest BCUT2D eigenvalue weighted by Gasteiger charge is 2.32. The standard InChI is InChI=1S/C20H29N3O2/c1-15-4-3-11-23(15)17-8-12-22(13-9-17)20(24)16-7-10-21-19(14-16)25-18-5-2-6-18/h7,10,14-15,17-18H,2-6,8-9,11-13H2,1H3. The van der Waals surface area contributed by atoms with Crippen LogP contribution in [0.4, 0.5) is 0 Å². The van der Waals surface area contributed by atoms with E-state index in [0.29, 0.717) is 23.5 Å². The summed E-state index contributed by atoms with van der Waals surface area (Å²) in [5.41, 5.74) is 0.706. The maximum atomic E-state index is 12.8. The molecule has 1 amide bonds. The van der Waals surface area contributed by atoms with E-state index in [1.165, 1.54) is 25.8 Å². The predicted molar refractivity (Wildman–Crippen MR) is 96.8 cm³/mol. The van der Waals surface area contributed by atoms with E-state index >= 15 is 0 Å². The van der Waals surface area contributed by atoms with Gasteiger partial charge >= 0.3 is 0 Å². The molecule has 2 aliphatic heterocycles. The number of amides is 1. The maximum absolute atomic E-state index is 12.8. The molecular weight excluding hydrogens is 314 g/mol. The molecule has 1 unspecified atom stereocenters. The van der Waals surface area contributed by atoms with Crippen LogP contribution in [0.2, 0.25) is 0 Å². The molecule has 4 rings (SSSR count). The first-order valence-electron chi connectivity index (χ1n) is 9.88. The van der Waals surface area contributed by atoms with Gasteiger partial charge in [-0.1, -0.05) is 0 Å². The summed E-state index contributed by atoms with van der Waals surface area (Å²) in [7, 11) is 0. The Balaban J connectivity index is 1.34. The molecule has 5 nitrogen and oxygen atoms in total. The van der Waals surface area contributed by atoms with Gasteiger partial charge in [0.05, 0.1) is 0 Å². The number of nitrogens with zero attached hydrogens (tertiary/aromatic N) is 3. The molecule has 1 aromatic heterocycles. The third-order valence-corrected chi connectivity index (χ3v) is 6.15. The summed E-state index contributed by atoms with van der Waals surface area (Å²) in [6, 6.07) is 4.98. The highest BCUT2D eigenvalue weighted by atomic mass is 16.5. The molecule has 136 valence electrons. The molecule has 1 atom stereocenters. The monoisotopic (exact) mass is 343 g/mol. The van der Waals surface area contributed by atoms with E-state index in [4.69, 9.17) is 4.74 Å². The minimum absolute atomic E-state index is 0.119. The Morgan fingerprint density at radius 3 is 2.56 bits per heavy atom. The van der Waals surface area contributed by atoms with Crippen molar-refractivity contribution < 1.29 is 9.53 Å². The Morgan fingerprint density at radius 1 is 1.12 bits per heavy atom. The molecule has 1 aromatic rings. The number of likely N-dealkylation sites (tertiary alicyclic amines) is 2. The van der Waals surface area contributed by atoms with Gasteiger partial charge in [0.2, 0.25) is 5.88 Å². The lowest BCUT2D eigenvalue weighted by atomic mass is 9.96. The van der Waals surface area contributed by atoms with Crippen molar-refractivity contribution in [2.24, 2.45) is 0 Å². The molecule has 0 radical (unpaired) electrons. The first kappa shape index (κ1) is 16.8. The summed E-state index contributed by atoms with van der Waals surface area (Å²) in [6.07, 6.45) is 10.2. The van der Waals surface area contributed by atoms with Crippen LogP contribution in [0, 0.1) is 0 Å². The van der Waals surface area contributed by atoms with Gasteiger partial charge in [0, 0.05) is 43.0 Å². The largest absolute Gasteiger partial charge is 0.474 e. The first-order valence-corrected chi connectivity index (χ1v) is 9.88. The van der Waals surface area contributed by atoms with Crippen molar-refractivity contribution in [3.05, 3.63) is 23.9 Å². The molecule has 0 spiro atoms. The van der Waals surface area contributed by atoms with Gasteiger partial charge < -0.3 is 9.64 Å². The lowest BCUT2D eigenvalue weighted by molar-refractivity contribution is 0.0609. The fraction of sp³-hybridized carbons (Fsp3) is 0.700. The molecule has 1 aliphatic carbocycles. The fourth-order valence-electron chi connectivity index (χ4n) is 4.35. The van der Waals surface area contributed by atoms with E-state index < -0.39 is 0 Å². The van der Waals surface area contributed by atoms with Crippen LogP contribution >= 0.6 is 0 Å². The number of hydrogen-bond donors (Lipinski definition) is 0. The zero-order chi connectivity index (χ0) is 17.2. The Hall–Kier alpha value is -1.62. The molecule has 3 heterocycles. The van der Waals surface area contributed by atoms with Crippen LogP contribution in [0.3, 0.4) is 0 Å². The molecular formula is C20H29N3O2. The van der Waals surface area contributed by atoms with E-state index in [0.717, 1.165) is 38.8 Å². The smallest absolute Gasteiger partial charge is 0.254 e. The van der Waals surface area contributed by atoms with Crippen molar-refractivity contribution in [1.82, 2.24) is 14.8 Å². The Labute approximate surface area is 150 Å². The lowest BCUT2D eigenvalue weighted by Crippen LogP contribution is -2.47. The number of hydrogen-bond acceptors (Lipinski definition) is 4. The van der Waals surface area contributed by atoms with Crippen LogP contribution in [-0.4, -0.2) is 58.5 Å². The zero-order valence-electron chi connectivity index (χ0n) is 15.2. The average Bonchev–Trinajstić information content (AvgIpc) is 3.04. The van der Waals surface area contributed by atoms with Crippen LogP contribution in [0.25, 0.3) is 0 Å². The topological polar surface area (TPSA) is 45.7 Å². The van der Waals surface area contributed by atoms with Gasteiger partial charge in [-0.3, -0.25) is 9.69 Å². The Bertz CT molecular complexity index is 609. The zero-order valence-corrected chi connectivity index (χ0v) is 15.2. The fourth-order valence-corrected chi connectivity index (χ4v) is 4.35. The van der Waals surface area contributed by atoms with Crippen molar-refractivity contribution in [3.63, 3.8) is 0 Å². The lowest BCUT2D eigenvalue weighted by Gasteiger charge is -2.38. The normalized spacial score (nSPS) is 25.8. The van der Waals surface area contributed by atoms with Crippen LogP contribution in [0.5, 0.6) is 5.88 Å². The highest BCUT2D eigenvalue weighted by Crippen LogP contribution is 2.27. The number of carbonyl (C=O) groups is 1. The van der Waals surface area contributed by atoms with Gasteiger partial charge in [-0.15, -0.1) is 0 Å². The summed E-state index contributed by atoms with van der Waals surface area (Å²) in [5, 5.41) is 0. The second-order valence-corrected chi connectivity index (χ2v) is 7.81. The van der Waals surface area contributed by atoms with Crippen LogP contribution in [0.1, 0.15) is 62.2 Å². The molecule has 3 fully saturated rings. The number of rotatable bonds is 4. The third-order valence-electron chi connectivity index (χ3n) is 6.15. The summed E-state index contributed by atoms with van der Waals surface area (Å²) in [6.45, 7) is 5.28. The molecule has 5 heteroatoms. The van der Waals surface area contributed by atoms with Gasteiger partial charge in [-0.2, -0.15) is 0 Å². The number of ether oxygens (including phenoxy) is 1. The second-order valence-electron chi connectivity index (χ2n) is 7.81. The molecule has 0 N–H and O–H groups in total. The average molecular weight is 343 g/mol. The molecule has 0 aromatic carbocycles. The quantitative estimate of drug-likeness (QED) is 0.843. The summed E-state index contributed by atoms with van der Waals surface area (Å²) >= 11 is 0. The van der Waals surface area contributed by atoms with Crippen molar-refractivity contribution in [2.45, 2.75) is 70.1 Å². The first-order chi connectivity index (χ1) is 12.2. The number of carbonyl (C=O) groups excluding carboxylic acids is 1. The van der Waals surface area contributed by atoms with E-state index in [1.807, 2.05) is 17.0 Å². The number of pyridine rings is 1. The van der Waals surface area contributed by atoms with Gasteiger partial charge in [-0.05, 0) is 64.5 Å². The SMILES string of the molecule is CC1CCCN1C1CCN(C(=O)c2ccnc(OC3CCC3)c2)CC1. The minimum Gasteiger partial charge on any atom is -0.474 e. The summed E-state index contributed by atoms with van der Waals surface area (Å²) in [4.78, 5) is 21.8. The third kappa shape index (κ3) is 3.66. The van der Waals surface area contributed by atoms with Crippen molar-refractivity contribution >= 4 is 5.91 Å². The summed E-state index contributed by atoms with van der Waals surface area (Å²) in [5.74, 6) is 0.713. The van der Waals surface area contributed by atoms with Gasteiger partial charge in [-0.25, -0.2) is 4.98 Å². The molecule has 1 saturated carbocycles. The van der Waals surface area contributed by atoms with Crippen LogP contribution in [-0.2, 0) is 0 Å². The molecule has 25 heavy (non-hydrogen) atoms. The maximum Gasteiger partial charge on any atom is 0.254 e. The minimum atomic E-state index is 0.119. The Kier molecular flexibility index (Phi) is 4.93. The highest BCUT2D eigenvalue weighted by molar-refractivity contribution is 5.94. The van der Waals surface area contributed by atoms with Crippen molar-refractivity contribution in [1.29, 1.82) is 0 Å². The van der Waals surface area contributed by atoms with Crippen LogP contribution in [0.15, 0.2) is 18.3 Å². The molecule has 2 saturated heterocycles. The van der Waals surface area contributed by atoms with E-state index in [9.17, 15) is 4.79 Å².